The lowest BCUT2D eigenvalue weighted by molar-refractivity contribution is -0.384. The van der Waals surface area contributed by atoms with Gasteiger partial charge < -0.3 is 5.73 Å². The summed E-state index contributed by atoms with van der Waals surface area (Å²) in [7, 11) is 0. The minimum absolute atomic E-state index is 0.223. The number of carbonyl (C=O) groups is 2. The number of rotatable bonds is 2. The Morgan fingerprint density at radius 1 is 1.17 bits per heavy atom. The van der Waals surface area contributed by atoms with E-state index in [9.17, 15) is 28.9 Å². The molecule has 3 rings (SSSR count). The van der Waals surface area contributed by atoms with Crippen LogP contribution in [0.2, 0.25) is 0 Å². The molecule has 1 aliphatic rings. The first-order valence-electron chi connectivity index (χ1n) is 6.16. The van der Waals surface area contributed by atoms with Crippen LogP contribution in [0, 0.1) is 15.9 Å². The molecule has 1 aromatic heterocycles. The maximum atomic E-state index is 14.0. The molecule has 0 atom stereocenters. The maximum absolute atomic E-state index is 14.0. The molecule has 9 nitrogen and oxygen atoms in total. The standard InChI is InChI=1S/C13H7FN4O5/c14-7-2-1-5(18(22)23)3-8(7)17-9(19)4-6-10(11(17)15)13(21)16-12(6)20/h1-4H,15H2,(H,16,20,21). The number of carbonyl (C=O) groups excluding carboxylic acids is 2. The van der Waals surface area contributed by atoms with E-state index < -0.39 is 45.3 Å². The predicted molar refractivity (Wildman–Crippen MR) is 74.9 cm³/mol. The molecule has 0 unspecified atom stereocenters. The van der Waals surface area contributed by atoms with Crippen molar-refractivity contribution >= 4 is 23.3 Å². The lowest BCUT2D eigenvalue weighted by Gasteiger charge is -2.12. The Morgan fingerprint density at radius 2 is 1.87 bits per heavy atom. The summed E-state index contributed by atoms with van der Waals surface area (Å²) >= 11 is 0. The quantitative estimate of drug-likeness (QED) is 0.465. The van der Waals surface area contributed by atoms with E-state index in [2.05, 4.69) is 0 Å². The molecule has 2 aromatic rings. The van der Waals surface area contributed by atoms with Gasteiger partial charge in [0.2, 0.25) is 0 Å². The van der Waals surface area contributed by atoms with Gasteiger partial charge >= 0.3 is 0 Å². The average Bonchev–Trinajstić information content (AvgIpc) is 2.75. The van der Waals surface area contributed by atoms with Crippen LogP contribution < -0.4 is 16.6 Å². The highest BCUT2D eigenvalue weighted by Gasteiger charge is 2.32. The predicted octanol–water partition coefficient (Wildman–Crippen LogP) is 0.351. The number of nitrogens with zero attached hydrogens (tertiary/aromatic N) is 2. The maximum Gasteiger partial charge on any atom is 0.271 e. The number of amides is 2. The van der Waals surface area contributed by atoms with Crippen molar-refractivity contribution in [1.29, 1.82) is 0 Å². The van der Waals surface area contributed by atoms with Gasteiger partial charge in [-0.2, -0.15) is 0 Å². The van der Waals surface area contributed by atoms with Gasteiger partial charge in [0.25, 0.3) is 23.1 Å². The number of benzene rings is 1. The van der Waals surface area contributed by atoms with E-state index in [1.54, 1.807) is 0 Å². The number of non-ortho nitro benzene ring substituents is 1. The Morgan fingerprint density at radius 3 is 2.52 bits per heavy atom. The zero-order valence-corrected chi connectivity index (χ0v) is 11.2. The second kappa shape index (κ2) is 4.73. The van der Waals surface area contributed by atoms with E-state index in [1.165, 1.54) is 0 Å². The van der Waals surface area contributed by atoms with E-state index in [4.69, 9.17) is 5.73 Å². The fourth-order valence-electron chi connectivity index (χ4n) is 2.31. The molecule has 1 aromatic carbocycles. The molecular formula is C13H7FN4O5. The van der Waals surface area contributed by atoms with Gasteiger partial charge in [0.1, 0.15) is 11.6 Å². The van der Waals surface area contributed by atoms with Crippen LogP contribution in [0.1, 0.15) is 20.7 Å². The summed E-state index contributed by atoms with van der Waals surface area (Å²) in [6.45, 7) is 0. The van der Waals surface area contributed by atoms with Gasteiger partial charge in [-0.05, 0) is 6.07 Å². The van der Waals surface area contributed by atoms with Gasteiger partial charge in [-0.25, -0.2) is 4.39 Å². The molecule has 2 amide bonds. The molecular weight excluding hydrogens is 311 g/mol. The fraction of sp³-hybridized carbons (Fsp3) is 0. The first-order valence-corrected chi connectivity index (χ1v) is 6.16. The van der Waals surface area contributed by atoms with Crippen molar-refractivity contribution in [2.24, 2.45) is 0 Å². The zero-order chi connectivity index (χ0) is 16.9. The summed E-state index contributed by atoms with van der Waals surface area (Å²) in [6.07, 6.45) is 0. The van der Waals surface area contributed by atoms with Crippen LogP contribution in [0.5, 0.6) is 0 Å². The molecule has 0 aliphatic carbocycles. The summed E-state index contributed by atoms with van der Waals surface area (Å²) in [5, 5.41) is 12.8. The topological polar surface area (TPSA) is 137 Å². The Kier molecular flexibility index (Phi) is 2.96. The first kappa shape index (κ1) is 14.4. The monoisotopic (exact) mass is 318 g/mol. The number of nitrogens with one attached hydrogen (secondary N) is 1. The third-order valence-corrected chi connectivity index (χ3v) is 3.33. The fourth-order valence-corrected chi connectivity index (χ4v) is 2.31. The molecule has 0 fully saturated rings. The number of nitro benzene ring substituents is 1. The Labute approximate surface area is 126 Å². The molecule has 0 saturated heterocycles. The molecule has 3 N–H and O–H groups in total. The molecule has 0 bridgehead atoms. The van der Waals surface area contributed by atoms with Crippen LogP contribution in [0.15, 0.2) is 29.1 Å². The number of imide groups is 1. The zero-order valence-electron chi connectivity index (χ0n) is 11.2. The van der Waals surface area contributed by atoms with Crippen LogP contribution in [0.4, 0.5) is 15.9 Å². The van der Waals surface area contributed by atoms with Gasteiger partial charge in [0, 0.05) is 18.2 Å². The van der Waals surface area contributed by atoms with Crippen molar-refractivity contribution < 1.29 is 18.9 Å². The second-order valence-corrected chi connectivity index (χ2v) is 4.67. The summed E-state index contributed by atoms with van der Waals surface area (Å²) in [5.74, 6) is -3.05. The first-order chi connectivity index (χ1) is 10.8. The number of pyridine rings is 1. The SMILES string of the molecule is Nc1c2c(cc(=O)n1-c1cc([N+](=O)[O-])ccc1F)C(=O)NC2=O. The van der Waals surface area contributed by atoms with Crippen molar-refractivity contribution in [2.45, 2.75) is 0 Å². The number of aromatic nitrogens is 1. The van der Waals surface area contributed by atoms with Crippen LogP contribution in [-0.2, 0) is 0 Å². The Balaban J connectivity index is 2.35. The number of hydrogen-bond acceptors (Lipinski definition) is 6. The van der Waals surface area contributed by atoms with Gasteiger partial charge in [-0.15, -0.1) is 0 Å². The van der Waals surface area contributed by atoms with Crippen molar-refractivity contribution in [3.05, 3.63) is 61.7 Å². The molecule has 0 spiro atoms. The minimum atomic E-state index is -0.950. The highest BCUT2D eigenvalue weighted by atomic mass is 19.1. The molecule has 2 heterocycles. The third kappa shape index (κ3) is 2.04. The summed E-state index contributed by atoms with van der Waals surface area (Å²) in [6, 6.07) is 3.36. The number of nitro groups is 1. The second-order valence-electron chi connectivity index (χ2n) is 4.67. The van der Waals surface area contributed by atoms with Crippen molar-refractivity contribution in [3.8, 4) is 5.69 Å². The molecule has 10 heteroatoms. The number of nitrogens with two attached hydrogens (primary N) is 1. The van der Waals surface area contributed by atoms with Crippen molar-refractivity contribution in [2.75, 3.05) is 5.73 Å². The van der Waals surface area contributed by atoms with Crippen LogP contribution in [0.25, 0.3) is 5.69 Å². The Hall–Kier alpha value is -3.56. The van der Waals surface area contributed by atoms with E-state index in [0.29, 0.717) is 4.57 Å². The molecule has 1 aliphatic heterocycles. The van der Waals surface area contributed by atoms with Crippen LogP contribution >= 0.6 is 0 Å². The van der Waals surface area contributed by atoms with Gasteiger partial charge in [-0.3, -0.25) is 34.4 Å². The Bertz CT molecular complexity index is 966. The summed E-state index contributed by atoms with van der Waals surface area (Å²) in [5.41, 5.74) is 3.38. The van der Waals surface area contributed by atoms with Crippen molar-refractivity contribution in [1.82, 2.24) is 9.88 Å². The lowest BCUT2D eigenvalue weighted by Crippen LogP contribution is -2.24. The van der Waals surface area contributed by atoms with Gasteiger partial charge in [0.15, 0.2) is 0 Å². The smallest absolute Gasteiger partial charge is 0.271 e. The molecule has 23 heavy (non-hydrogen) atoms. The van der Waals surface area contributed by atoms with Gasteiger partial charge in [0.05, 0.1) is 21.7 Å². The number of fused-ring (bicyclic) bond motifs is 1. The molecule has 0 saturated carbocycles. The lowest BCUT2D eigenvalue weighted by atomic mass is 10.1. The number of anilines is 1. The van der Waals surface area contributed by atoms with Crippen LogP contribution in [-0.4, -0.2) is 21.3 Å². The van der Waals surface area contributed by atoms with E-state index in [1.807, 2.05) is 5.32 Å². The molecule has 116 valence electrons. The van der Waals surface area contributed by atoms with E-state index in [-0.39, 0.29) is 11.1 Å². The highest BCUT2D eigenvalue weighted by molar-refractivity contribution is 6.23. The average molecular weight is 318 g/mol. The summed E-state index contributed by atoms with van der Waals surface area (Å²) in [4.78, 5) is 45.4. The number of halogens is 1. The number of nitrogen functional groups attached to an aromatic ring is 1. The van der Waals surface area contributed by atoms with E-state index in [0.717, 1.165) is 24.3 Å². The van der Waals surface area contributed by atoms with Crippen molar-refractivity contribution in [3.63, 3.8) is 0 Å². The third-order valence-electron chi connectivity index (χ3n) is 3.33. The number of hydrogen-bond donors (Lipinski definition) is 2. The normalized spacial score (nSPS) is 12.9. The highest BCUT2D eigenvalue weighted by Crippen LogP contribution is 2.26. The minimum Gasteiger partial charge on any atom is -0.384 e. The van der Waals surface area contributed by atoms with Crippen LogP contribution in [0.3, 0.4) is 0 Å². The molecule has 0 radical (unpaired) electrons. The van der Waals surface area contributed by atoms with Gasteiger partial charge in [-0.1, -0.05) is 0 Å². The summed E-state index contributed by atoms with van der Waals surface area (Å²) < 4.78 is 14.6. The van der Waals surface area contributed by atoms with E-state index >= 15 is 0 Å². The largest absolute Gasteiger partial charge is 0.384 e.